The highest BCUT2D eigenvalue weighted by Crippen LogP contribution is 2.40. The van der Waals surface area contributed by atoms with Gasteiger partial charge in [-0.3, -0.25) is 4.79 Å². The first-order chi connectivity index (χ1) is 9.43. The molecule has 2 saturated carbocycles. The zero-order chi connectivity index (χ0) is 14.8. The third-order valence-corrected chi connectivity index (χ3v) is 5.29. The normalized spacial score (nSPS) is 32.0. The summed E-state index contributed by atoms with van der Waals surface area (Å²) in [6.45, 7) is 4.73. The van der Waals surface area contributed by atoms with Crippen LogP contribution in [0.25, 0.3) is 0 Å². The number of hydrogen-bond donors (Lipinski definition) is 3. The van der Waals surface area contributed by atoms with Gasteiger partial charge in [-0.1, -0.05) is 20.3 Å². The zero-order valence-corrected chi connectivity index (χ0v) is 12.4. The van der Waals surface area contributed by atoms with Crippen molar-refractivity contribution in [1.82, 2.24) is 10.6 Å². The van der Waals surface area contributed by atoms with E-state index in [0.717, 1.165) is 31.6 Å². The Balaban J connectivity index is 1.74. The van der Waals surface area contributed by atoms with E-state index < -0.39 is 11.4 Å². The van der Waals surface area contributed by atoms with Crippen molar-refractivity contribution in [3.8, 4) is 0 Å². The van der Waals surface area contributed by atoms with E-state index >= 15 is 0 Å². The van der Waals surface area contributed by atoms with Gasteiger partial charge < -0.3 is 15.7 Å². The molecule has 3 unspecified atom stereocenters. The zero-order valence-electron chi connectivity index (χ0n) is 12.4. The minimum absolute atomic E-state index is 0.218. The number of carbonyl (C=O) groups excluding carboxylic acids is 1. The molecule has 2 fully saturated rings. The first-order valence-electron chi connectivity index (χ1n) is 7.71. The second-order valence-corrected chi connectivity index (χ2v) is 6.73. The maximum absolute atomic E-state index is 11.9. The molecule has 0 aromatic rings. The summed E-state index contributed by atoms with van der Waals surface area (Å²) in [6, 6.07) is 0.00708. The van der Waals surface area contributed by atoms with E-state index in [1.54, 1.807) is 0 Å². The Labute approximate surface area is 120 Å². The van der Waals surface area contributed by atoms with Gasteiger partial charge in [0.1, 0.15) is 0 Å². The second-order valence-electron chi connectivity index (χ2n) is 6.73. The molecule has 3 N–H and O–H groups in total. The SMILES string of the molecule is CC1CCC(NC(=O)NCC2(C(=O)O)CCC2)CC1C. The Morgan fingerprint density at radius 2 is 1.90 bits per heavy atom. The molecule has 0 aliphatic heterocycles. The lowest BCUT2D eigenvalue weighted by molar-refractivity contribution is -0.153. The lowest BCUT2D eigenvalue weighted by Gasteiger charge is -2.38. The average molecular weight is 282 g/mol. The molecule has 0 heterocycles. The van der Waals surface area contributed by atoms with Crippen LogP contribution in [0.5, 0.6) is 0 Å². The molecule has 2 rings (SSSR count). The van der Waals surface area contributed by atoms with Gasteiger partial charge in [-0.25, -0.2) is 4.79 Å². The molecule has 2 aliphatic carbocycles. The Morgan fingerprint density at radius 3 is 2.40 bits per heavy atom. The number of nitrogens with one attached hydrogen (secondary N) is 2. The Morgan fingerprint density at radius 1 is 1.20 bits per heavy atom. The van der Waals surface area contributed by atoms with Gasteiger partial charge in [-0.15, -0.1) is 0 Å². The summed E-state index contributed by atoms with van der Waals surface area (Å²) >= 11 is 0. The highest BCUT2D eigenvalue weighted by molar-refractivity contribution is 5.79. The number of amides is 2. The van der Waals surface area contributed by atoms with Crippen LogP contribution in [0.2, 0.25) is 0 Å². The van der Waals surface area contributed by atoms with Crippen molar-refractivity contribution < 1.29 is 14.7 Å². The standard InChI is InChI=1S/C15H26N2O3/c1-10-4-5-12(8-11(10)2)17-14(20)16-9-15(13(18)19)6-3-7-15/h10-12H,3-9H2,1-2H3,(H,18,19)(H2,16,17,20). The lowest BCUT2D eigenvalue weighted by Crippen LogP contribution is -2.51. The average Bonchev–Trinajstić information content (AvgIpc) is 2.32. The molecule has 2 amide bonds. The van der Waals surface area contributed by atoms with Gasteiger partial charge in [0, 0.05) is 12.6 Å². The number of aliphatic carboxylic acids is 1. The molecule has 5 heteroatoms. The number of hydrogen-bond acceptors (Lipinski definition) is 2. The summed E-state index contributed by atoms with van der Waals surface area (Å²) < 4.78 is 0. The molecule has 20 heavy (non-hydrogen) atoms. The molecular formula is C15H26N2O3. The summed E-state index contributed by atoms with van der Waals surface area (Å²) in [4.78, 5) is 23.1. The van der Waals surface area contributed by atoms with Crippen LogP contribution in [0, 0.1) is 17.3 Å². The number of urea groups is 1. The number of carboxylic acids is 1. The van der Waals surface area contributed by atoms with E-state index in [1.807, 2.05) is 0 Å². The van der Waals surface area contributed by atoms with Crippen molar-refractivity contribution in [2.24, 2.45) is 17.3 Å². The number of carboxylic acid groups (broad SMARTS) is 1. The van der Waals surface area contributed by atoms with Crippen LogP contribution in [0.1, 0.15) is 52.4 Å². The van der Waals surface area contributed by atoms with Crippen LogP contribution < -0.4 is 10.6 Å². The highest BCUT2D eigenvalue weighted by Gasteiger charge is 2.44. The Hall–Kier alpha value is -1.26. The molecular weight excluding hydrogens is 256 g/mol. The van der Waals surface area contributed by atoms with Crippen molar-refractivity contribution in [3.05, 3.63) is 0 Å². The second kappa shape index (κ2) is 6.02. The van der Waals surface area contributed by atoms with Crippen LogP contribution in [-0.4, -0.2) is 29.7 Å². The van der Waals surface area contributed by atoms with Gasteiger partial charge in [0.05, 0.1) is 5.41 Å². The fraction of sp³-hybridized carbons (Fsp3) is 0.867. The summed E-state index contributed by atoms with van der Waals surface area (Å²) in [5, 5.41) is 14.9. The largest absolute Gasteiger partial charge is 0.481 e. The van der Waals surface area contributed by atoms with Crippen LogP contribution in [-0.2, 0) is 4.79 Å². The summed E-state index contributed by atoms with van der Waals surface area (Å²) in [6.07, 6.45) is 5.45. The summed E-state index contributed by atoms with van der Waals surface area (Å²) in [5.41, 5.74) is -0.717. The molecule has 0 aromatic carbocycles. The van der Waals surface area contributed by atoms with E-state index in [4.69, 9.17) is 0 Å². The van der Waals surface area contributed by atoms with Crippen LogP contribution >= 0.6 is 0 Å². The van der Waals surface area contributed by atoms with Crippen molar-refractivity contribution in [1.29, 1.82) is 0 Å². The maximum Gasteiger partial charge on any atom is 0.315 e. The molecule has 0 saturated heterocycles. The molecule has 5 nitrogen and oxygen atoms in total. The predicted octanol–water partition coefficient (Wildman–Crippen LogP) is 2.37. The van der Waals surface area contributed by atoms with Gasteiger partial charge in [0.2, 0.25) is 0 Å². The minimum Gasteiger partial charge on any atom is -0.481 e. The Kier molecular flexibility index (Phi) is 4.55. The van der Waals surface area contributed by atoms with E-state index in [-0.39, 0.29) is 18.6 Å². The lowest BCUT2D eigenvalue weighted by atomic mass is 9.69. The van der Waals surface area contributed by atoms with Crippen molar-refractivity contribution >= 4 is 12.0 Å². The van der Waals surface area contributed by atoms with Gasteiger partial charge in [0.25, 0.3) is 0 Å². The monoisotopic (exact) mass is 282 g/mol. The predicted molar refractivity (Wildman–Crippen MR) is 76.4 cm³/mol. The van der Waals surface area contributed by atoms with E-state index in [1.165, 1.54) is 0 Å². The van der Waals surface area contributed by atoms with Gasteiger partial charge in [-0.2, -0.15) is 0 Å². The van der Waals surface area contributed by atoms with Crippen molar-refractivity contribution in [2.75, 3.05) is 6.54 Å². The van der Waals surface area contributed by atoms with E-state index in [2.05, 4.69) is 24.5 Å². The number of rotatable bonds is 4. The first kappa shape index (κ1) is 15.1. The smallest absolute Gasteiger partial charge is 0.315 e. The molecule has 114 valence electrons. The molecule has 0 bridgehead atoms. The molecule has 2 aliphatic rings. The Bertz CT molecular complexity index is 379. The summed E-state index contributed by atoms with van der Waals surface area (Å²) in [5.74, 6) is 0.566. The number of carbonyl (C=O) groups is 2. The minimum atomic E-state index is -0.788. The van der Waals surface area contributed by atoms with Gasteiger partial charge in [-0.05, 0) is 43.9 Å². The van der Waals surface area contributed by atoms with Crippen LogP contribution in [0.3, 0.4) is 0 Å². The van der Waals surface area contributed by atoms with Crippen molar-refractivity contribution in [3.63, 3.8) is 0 Å². The topological polar surface area (TPSA) is 78.4 Å². The van der Waals surface area contributed by atoms with Crippen LogP contribution in [0.15, 0.2) is 0 Å². The van der Waals surface area contributed by atoms with E-state index in [0.29, 0.717) is 18.8 Å². The van der Waals surface area contributed by atoms with Crippen LogP contribution in [0.4, 0.5) is 4.79 Å². The quantitative estimate of drug-likeness (QED) is 0.740. The first-order valence-corrected chi connectivity index (χ1v) is 7.71. The fourth-order valence-electron chi connectivity index (χ4n) is 3.23. The summed E-state index contributed by atoms with van der Waals surface area (Å²) in [7, 11) is 0. The molecule has 0 radical (unpaired) electrons. The maximum atomic E-state index is 11.9. The fourth-order valence-corrected chi connectivity index (χ4v) is 3.23. The molecule has 0 spiro atoms. The molecule has 0 aromatic heterocycles. The van der Waals surface area contributed by atoms with E-state index in [9.17, 15) is 14.7 Å². The highest BCUT2D eigenvalue weighted by atomic mass is 16.4. The van der Waals surface area contributed by atoms with Gasteiger partial charge >= 0.3 is 12.0 Å². The van der Waals surface area contributed by atoms with Gasteiger partial charge in [0.15, 0.2) is 0 Å². The molecule has 3 atom stereocenters. The third kappa shape index (κ3) is 3.25. The third-order valence-electron chi connectivity index (χ3n) is 5.29. The van der Waals surface area contributed by atoms with Crippen molar-refractivity contribution in [2.45, 2.75) is 58.4 Å².